The Morgan fingerprint density at radius 1 is 1.16 bits per heavy atom. The maximum Gasteiger partial charge on any atom is 0.0537 e. The molecular formula is C17H28OSi. The second-order valence-electron chi connectivity index (χ2n) is 7.73. The summed E-state index contributed by atoms with van der Waals surface area (Å²) in [6.07, 6.45) is 6.63. The molecule has 2 saturated carbocycles. The number of hydrogen-bond donors (Lipinski definition) is 0. The molecule has 0 aromatic heterocycles. The molecule has 5 unspecified atom stereocenters. The van der Waals surface area contributed by atoms with Crippen molar-refractivity contribution in [2.75, 3.05) is 13.2 Å². The summed E-state index contributed by atoms with van der Waals surface area (Å²) >= 11 is 0. The van der Waals surface area contributed by atoms with Crippen LogP contribution < -0.4 is 0 Å². The van der Waals surface area contributed by atoms with Crippen LogP contribution in [-0.2, 0) is 4.74 Å². The molecule has 0 amide bonds. The Bertz CT molecular complexity index is 419. The van der Waals surface area contributed by atoms with Crippen molar-refractivity contribution in [3.05, 3.63) is 12.2 Å². The number of ether oxygens (including phenoxy) is 1. The largest absolute Gasteiger partial charge is 0.381 e. The van der Waals surface area contributed by atoms with Gasteiger partial charge in [0.15, 0.2) is 0 Å². The van der Waals surface area contributed by atoms with Gasteiger partial charge in [0.1, 0.15) is 0 Å². The van der Waals surface area contributed by atoms with Crippen molar-refractivity contribution in [1.82, 2.24) is 0 Å². The lowest BCUT2D eigenvalue weighted by atomic mass is 9.90. The quantitative estimate of drug-likeness (QED) is 0.536. The molecule has 0 aromatic carbocycles. The Morgan fingerprint density at radius 2 is 1.89 bits per heavy atom. The first-order chi connectivity index (χ1) is 9.19. The van der Waals surface area contributed by atoms with E-state index in [0.717, 1.165) is 31.0 Å². The topological polar surface area (TPSA) is 9.23 Å². The second kappa shape index (κ2) is 3.76. The molecule has 3 aliphatic carbocycles. The van der Waals surface area contributed by atoms with Gasteiger partial charge in [0.25, 0.3) is 0 Å². The van der Waals surface area contributed by atoms with E-state index in [4.69, 9.17) is 4.74 Å². The van der Waals surface area contributed by atoms with E-state index in [9.17, 15) is 0 Å². The molecule has 1 aliphatic heterocycles. The van der Waals surface area contributed by atoms with E-state index < -0.39 is 8.07 Å². The van der Waals surface area contributed by atoms with E-state index in [-0.39, 0.29) is 0 Å². The van der Waals surface area contributed by atoms with Crippen molar-refractivity contribution in [1.29, 1.82) is 0 Å². The molecule has 19 heavy (non-hydrogen) atoms. The van der Waals surface area contributed by atoms with Crippen molar-refractivity contribution in [2.24, 2.45) is 28.6 Å². The van der Waals surface area contributed by atoms with Crippen LogP contribution in [0, 0.1) is 28.6 Å². The molecule has 1 nitrogen and oxygen atoms in total. The van der Waals surface area contributed by atoms with Crippen LogP contribution in [0.5, 0.6) is 0 Å². The smallest absolute Gasteiger partial charge is 0.0537 e. The Balaban J connectivity index is 1.69. The van der Waals surface area contributed by atoms with Crippen LogP contribution in [0.1, 0.15) is 27.2 Å². The van der Waals surface area contributed by atoms with E-state index in [1.807, 2.05) is 0 Å². The summed E-state index contributed by atoms with van der Waals surface area (Å²) in [6, 6.07) is 6.07. The van der Waals surface area contributed by atoms with Gasteiger partial charge in [-0.25, -0.2) is 0 Å². The SMILES string of the molecule is CC[Si](CC)(CC)CC12C3C=CC1C21COCC1C3. The summed E-state index contributed by atoms with van der Waals surface area (Å²) < 4.78 is 5.93. The van der Waals surface area contributed by atoms with Gasteiger partial charge >= 0.3 is 0 Å². The Kier molecular flexibility index (Phi) is 2.50. The normalized spacial score (nSPS) is 49.5. The average molecular weight is 276 g/mol. The van der Waals surface area contributed by atoms with Gasteiger partial charge in [-0.05, 0) is 35.6 Å². The van der Waals surface area contributed by atoms with E-state index in [1.165, 1.54) is 24.6 Å². The van der Waals surface area contributed by atoms with Gasteiger partial charge in [0.05, 0.1) is 21.3 Å². The lowest BCUT2D eigenvalue weighted by molar-refractivity contribution is 0.158. The number of rotatable bonds is 5. The summed E-state index contributed by atoms with van der Waals surface area (Å²) in [5.41, 5.74) is 1.30. The van der Waals surface area contributed by atoms with Gasteiger partial charge in [-0.15, -0.1) is 0 Å². The molecule has 1 heterocycles. The van der Waals surface area contributed by atoms with Gasteiger partial charge < -0.3 is 4.74 Å². The Labute approximate surface area is 118 Å². The predicted molar refractivity (Wildman–Crippen MR) is 81.9 cm³/mol. The Morgan fingerprint density at radius 3 is 2.58 bits per heavy atom. The van der Waals surface area contributed by atoms with Crippen molar-refractivity contribution in [2.45, 2.75) is 51.4 Å². The zero-order chi connectivity index (χ0) is 13.3. The van der Waals surface area contributed by atoms with E-state index in [2.05, 4.69) is 32.9 Å². The molecule has 1 saturated heterocycles. The molecular weight excluding hydrogens is 248 g/mol. The maximum absolute atomic E-state index is 5.93. The Hall–Kier alpha value is -0.0831. The highest BCUT2D eigenvalue weighted by Crippen LogP contribution is 2.88. The molecule has 0 radical (unpaired) electrons. The third-order valence-corrected chi connectivity index (χ3v) is 13.8. The molecule has 4 aliphatic rings. The summed E-state index contributed by atoms with van der Waals surface area (Å²) in [5, 5.41) is 0. The highest BCUT2D eigenvalue weighted by Gasteiger charge is 2.86. The van der Waals surface area contributed by atoms with Crippen molar-refractivity contribution in [3.63, 3.8) is 0 Å². The minimum atomic E-state index is -1.02. The summed E-state index contributed by atoms with van der Waals surface area (Å²) in [7, 11) is -1.02. The minimum Gasteiger partial charge on any atom is -0.381 e. The van der Waals surface area contributed by atoms with Crippen molar-refractivity contribution in [3.8, 4) is 0 Å². The lowest BCUT2D eigenvalue weighted by Gasteiger charge is -2.35. The van der Waals surface area contributed by atoms with Gasteiger partial charge in [0.2, 0.25) is 0 Å². The number of allylic oxidation sites excluding steroid dienone is 2. The second-order valence-corrected chi connectivity index (χ2v) is 13.2. The van der Waals surface area contributed by atoms with E-state index >= 15 is 0 Å². The van der Waals surface area contributed by atoms with Gasteiger partial charge in [0, 0.05) is 5.41 Å². The highest BCUT2D eigenvalue weighted by atomic mass is 28.3. The third kappa shape index (κ3) is 1.18. The molecule has 4 rings (SSSR count). The predicted octanol–water partition coefficient (Wildman–Crippen LogP) is 4.33. The first-order valence-corrected chi connectivity index (χ1v) is 11.3. The first kappa shape index (κ1) is 12.6. The molecule has 0 bridgehead atoms. The zero-order valence-corrected chi connectivity index (χ0v) is 13.7. The van der Waals surface area contributed by atoms with Gasteiger partial charge in [-0.2, -0.15) is 0 Å². The summed E-state index contributed by atoms with van der Waals surface area (Å²) in [4.78, 5) is 0. The molecule has 3 fully saturated rings. The van der Waals surface area contributed by atoms with E-state index in [0.29, 0.717) is 10.8 Å². The van der Waals surface area contributed by atoms with Crippen LogP contribution in [0.25, 0.3) is 0 Å². The molecule has 1 spiro atoms. The maximum atomic E-state index is 5.93. The van der Waals surface area contributed by atoms with Crippen LogP contribution in [0.3, 0.4) is 0 Å². The third-order valence-electron chi connectivity index (χ3n) is 7.94. The highest BCUT2D eigenvalue weighted by molar-refractivity contribution is 6.79. The van der Waals surface area contributed by atoms with Crippen LogP contribution in [0.15, 0.2) is 12.2 Å². The number of hydrogen-bond acceptors (Lipinski definition) is 1. The van der Waals surface area contributed by atoms with Crippen LogP contribution in [-0.4, -0.2) is 21.3 Å². The van der Waals surface area contributed by atoms with Crippen LogP contribution in [0.4, 0.5) is 0 Å². The minimum absolute atomic E-state index is 0.615. The molecule has 106 valence electrons. The van der Waals surface area contributed by atoms with Crippen molar-refractivity contribution >= 4 is 8.07 Å². The molecule has 5 atom stereocenters. The van der Waals surface area contributed by atoms with Gasteiger partial charge in [-0.1, -0.05) is 51.1 Å². The standard InChI is InChI=1S/C17H28OSi/c1-4-19(5-2,6-3)12-17-13-7-8-15(17)16(17)11-18-10-14(16)9-13/h7-8,13-15H,4-6,9-12H2,1-3H3. The van der Waals surface area contributed by atoms with Crippen LogP contribution in [0.2, 0.25) is 24.2 Å². The van der Waals surface area contributed by atoms with Crippen molar-refractivity contribution < 1.29 is 4.74 Å². The first-order valence-electron chi connectivity index (χ1n) is 8.45. The fraction of sp³-hybridized carbons (Fsp3) is 0.882. The lowest BCUT2D eigenvalue weighted by Crippen LogP contribution is -2.37. The zero-order valence-electron chi connectivity index (χ0n) is 12.7. The van der Waals surface area contributed by atoms with E-state index in [1.54, 1.807) is 6.04 Å². The molecule has 0 N–H and O–H groups in total. The van der Waals surface area contributed by atoms with Gasteiger partial charge in [-0.3, -0.25) is 0 Å². The monoisotopic (exact) mass is 276 g/mol. The summed E-state index contributed by atoms with van der Waals surface area (Å²) in [5.74, 6) is 2.72. The molecule has 0 aromatic rings. The fourth-order valence-corrected chi connectivity index (χ4v) is 10.8. The molecule has 2 heteroatoms. The fourth-order valence-electron chi connectivity index (χ4n) is 6.54. The average Bonchev–Trinajstić information content (AvgIpc) is 2.76. The van der Waals surface area contributed by atoms with Crippen LogP contribution >= 0.6 is 0 Å². The summed E-state index contributed by atoms with van der Waals surface area (Å²) in [6.45, 7) is 9.56.